The van der Waals surface area contributed by atoms with Crippen molar-refractivity contribution in [3.8, 4) is 0 Å². The number of hydrogen-bond donors (Lipinski definition) is 1. The average Bonchev–Trinajstić information content (AvgIpc) is 3.67. The number of benzene rings is 2. The second kappa shape index (κ2) is 13.3. The Morgan fingerprint density at radius 3 is 2.65 bits per heavy atom. The van der Waals surface area contributed by atoms with Crippen LogP contribution in [0.2, 0.25) is 0 Å². The predicted molar refractivity (Wildman–Crippen MR) is 173 cm³/mol. The number of rotatable bonds is 14. The highest BCUT2D eigenvalue weighted by Gasteiger charge is 2.75. The maximum absolute atomic E-state index is 14.9. The first-order chi connectivity index (χ1) is 20.8. The van der Waals surface area contributed by atoms with Gasteiger partial charge in [0, 0.05) is 17.5 Å². The van der Waals surface area contributed by atoms with E-state index in [4.69, 9.17) is 4.74 Å². The van der Waals surface area contributed by atoms with E-state index in [9.17, 15) is 19.5 Å². The van der Waals surface area contributed by atoms with Crippen LogP contribution in [-0.4, -0.2) is 69.6 Å². The van der Waals surface area contributed by atoms with Crippen molar-refractivity contribution in [2.24, 2.45) is 17.8 Å². The quantitative estimate of drug-likeness (QED) is 0.168. The topological polar surface area (TPSA) is 87.2 Å². The molecule has 1 spiro atoms. The Morgan fingerprint density at radius 2 is 1.95 bits per heavy atom. The van der Waals surface area contributed by atoms with E-state index in [0.717, 1.165) is 48.6 Å². The van der Waals surface area contributed by atoms with E-state index in [0.29, 0.717) is 13.0 Å². The highest BCUT2D eigenvalue weighted by Crippen LogP contribution is 2.67. The summed E-state index contributed by atoms with van der Waals surface area (Å²) in [6, 6.07) is 12.6. The van der Waals surface area contributed by atoms with Gasteiger partial charge < -0.3 is 19.6 Å². The van der Waals surface area contributed by atoms with Crippen LogP contribution in [0.3, 0.4) is 0 Å². The van der Waals surface area contributed by atoms with Gasteiger partial charge in [-0.2, -0.15) is 0 Å². The van der Waals surface area contributed by atoms with E-state index in [1.165, 1.54) is 0 Å². The third-order valence-electron chi connectivity index (χ3n) is 9.76. The van der Waals surface area contributed by atoms with Crippen molar-refractivity contribution < 1.29 is 24.2 Å². The van der Waals surface area contributed by atoms with E-state index in [1.807, 2.05) is 62.4 Å². The van der Waals surface area contributed by atoms with E-state index in [-0.39, 0.29) is 42.1 Å². The molecular formula is C35H44N2O5S. The summed E-state index contributed by atoms with van der Waals surface area (Å²) in [6.45, 7) is 12.0. The Kier molecular flexibility index (Phi) is 9.67. The summed E-state index contributed by atoms with van der Waals surface area (Å²) in [5.74, 6) is -2.05. The van der Waals surface area contributed by atoms with E-state index < -0.39 is 28.7 Å². The number of unbranched alkanes of at least 4 members (excludes halogenated alkanes) is 2. The second-order valence-electron chi connectivity index (χ2n) is 12.2. The van der Waals surface area contributed by atoms with Gasteiger partial charge in [0.1, 0.15) is 6.04 Å². The number of aliphatic hydroxyl groups excluding tert-OH is 1. The fourth-order valence-electron chi connectivity index (χ4n) is 7.41. The number of esters is 1. The van der Waals surface area contributed by atoms with Crippen molar-refractivity contribution in [2.75, 3.05) is 24.7 Å². The molecule has 2 amide bonds. The summed E-state index contributed by atoms with van der Waals surface area (Å²) >= 11 is 1.63. The maximum atomic E-state index is 14.9. The number of carbonyl (C=O) groups excluding carboxylic acids is 3. The Hall–Kier alpha value is -3.10. The summed E-state index contributed by atoms with van der Waals surface area (Å²) in [5, 5.41) is 12.6. The van der Waals surface area contributed by atoms with Crippen molar-refractivity contribution in [3.05, 3.63) is 67.8 Å². The number of fused-ring (bicyclic) bond motifs is 2. The maximum Gasteiger partial charge on any atom is 0.310 e. The van der Waals surface area contributed by atoms with Gasteiger partial charge in [0.2, 0.25) is 5.91 Å². The predicted octanol–water partition coefficient (Wildman–Crippen LogP) is 5.76. The molecule has 7 atom stereocenters. The Bertz CT molecular complexity index is 1380. The zero-order chi connectivity index (χ0) is 30.7. The summed E-state index contributed by atoms with van der Waals surface area (Å²) in [7, 11) is 0. The standard InChI is InChI=1S/C35H44N2O5S/c1-5-8-9-12-20-42-34(41)29-28-17-18-35(43-28)30(29)32(39)37(27(22-38)23(4)7-3)31(35)33(40)36(19-6-2)26-16-15-24-13-10-11-14-25(24)21-26/h5-6,10-11,13-16,21,23,27-31,38H,1-2,7-9,12,17-20,22H2,3-4H3/t23-,27-,28-,29+,30-,31?,35?/m0/s1. The number of hydrogen-bond acceptors (Lipinski definition) is 6. The number of amides is 2. The monoisotopic (exact) mass is 604 g/mol. The number of allylic oxidation sites excluding steroid dienone is 1. The molecule has 3 fully saturated rings. The zero-order valence-electron chi connectivity index (χ0n) is 25.3. The molecular weight excluding hydrogens is 560 g/mol. The van der Waals surface area contributed by atoms with Gasteiger partial charge in [-0.1, -0.05) is 62.8 Å². The Balaban J connectivity index is 1.53. The normalized spacial score (nSPS) is 27.1. The lowest BCUT2D eigenvalue weighted by atomic mass is 9.71. The first-order valence-electron chi connectivity index (χ1n) is 15.6. The lowest BCUT2D eigenvalue weighted by molar-refractivity contribution is -0.155. The van der Waals surface area contributed by atoms with Crippen LogP contribution >= 0.6 is 11.8 Å². The fourth-order valence-corrected chi connectivity index (χ4v) is 9.60. The van der Waals surface area contributed by atoms with Gasteiger partial charge in [0.25, 0.3) is 5.91 Å². The number of anilines is 1. The molecule has 230 valence electrons. The van der Waals surface area contributed by atoms with Crippen molar-refractivity contribution in [2.45, 2.75) is 74.5 Å². The SMILES string of the molecule is C=CCCCCOC(=O)[C@@H]1[C@@H]2CCC3(S2)C(C(=O)N(CC=C)c2ccc4ccccc4c2)N([C@@H](CO)[C@@H](C)CC)C(=O)[C@H]13. The second-order valence-corrected chi connectivity index (χ2v) is 13.8. The molecule has 0 aliphatic carbocycles. The number of aliphatic hydroxyl groups is 1. The molecule has 3 saturated heterocycles. The molecule has 2 aromatic carbocycles. The van der Waals surface area contributed by atoms with Crippen LogP contribution in [-0.2, 0) is 19.1 Å². The largest absolute Gasteiger partial charge is 0.465 e. The number of ether oxygens (including phenoxy) is 1. The van der Waals surface area contributed by atoms with Crippen LogP contribution < -0.4 is 4.90 Å². The van der Waals surface area contributed by atoms with Crippen LogP contribution in [0, 0.1) is 17.8 Å². The zero-order valence-corrected chi connectivity index (χ0v) is 26.1. The van der Waals surface area contributed by atoms with Gasteiger partial charge >= 0.3 is 5.97 Å². The minimum absolute atomic E-state index is 0.0366. The van der Waals surface area contributed by atoms with Gasteiger partial charge in [-0.05, 0) is 60.9 Å². The molecule has 43 heavy (non-hydrogen) atoms. The number of nitrogens with zero attached hydrogens (tertiary/aromatic N) is 2. The number of thioether (sulfide) groups is 1. The van der Waals surface area contributed by atoms with Gasteiger partial charge in [-0.3, -0.25) is 14.4 Å². The lowest BCUT2D eigenvalue weighted by Gasteiger charge is -2.41. The van der Waals surface area contributed by atoms with Crippen LogP contribution in [0.4, 0.5) is 5.69 Å². The van der Waals surface area contributed by atoms with Crippen molar-refractivity contribution in [1.82, 2.24) is 4.90 Å². The average molecular weight is 605 g/mol. The molecule has 8 heteroatoms. The molecule has 1 N–H and O–H groups in total. The highest BCUT2D eigenvalue weighted by atomic mass is 32.2. The molecule has 2 bridgehead atoms. The minimum atomic E-state index is -0.817. The molecule has 2 aromatic rings. The van der Waals surface area contributed by atoms with Gasteiger partial charge in [0.05, 0.1) is 35.8 Å². The first-order valence-corrected chi connectivity index (χ1v) is 16.5. The van der Waals surface area contributed by atoms with Crippen LogP contribution in [0.5, 0.6) is 0 Å². The van der Waals surface area contributed by atoms with Crippen LogP contribution in [0.1, 0.15) is 52.4 Å². The first kappa shape index (κ1) is 31.3. The fraction of sp³-hybridized carbons (Fsp3) is 0.514. The summed E-state index contributed by atoms with van der Waals surface area (Å²) < 4.78 is 4.98. The lowest BCUT2D eigenvalue weighted by Crippen LogP contribution is -2.58. The third-order valence-corrected chi connectivity index (χ3v) is 11.7. The molecule has 3 aliphatic heterocycles. The van der Waals surface area contributed by atoms with Crippen LogP contribution in [0.25, 0.3) is 10.8 Å². The van der Waals surface area contributed by atoms with Gasteiger partial charge in [-0.15, -0.1) is 24.9 Å². The van der Waals surface area contributed by atoms with Crippen molar-refractivity contribution >= 4 is 46.0 Å². The van der Waals surface area contributed by atoms with E-state index >= 15 is 0 Å². The van der Waals surface area contributed by atoms with E-state index in [2.05, 4.69) is 13.2 Å². The molecule has 0 aromatic heterocycles. The van der Waals surface area contributed by atoms with Crippen LogP contribution in [0.15, 0.2) is 67.8 Å². The highest BCUT2D eigenvalue weighted by molar-refractivity contribution is 8.02. The van der Waals surface area contributed by atoms with E-state index in [1.54, 1.807) is 27.6 Å². The molecule has 3 heterocycles. The summed E-state index contributed by atoms with van der Waals surface area (Å²) in [5.41, 5.74) is 0.730. The smallest absolute Gasteiger partial charge is 0.310 e. The summed E-state index contributed by atoms with van der Waals surface area (Å²) in [4.78, 5) is 46.4. The molecule has 0 radical (unpaired) electrons. The Morgan fingerprint density at radius 1 is 1.19 bits per heavy atom. The minimum Gasteiger partial charge on any atom is -0.465 e. The number of carbonyl (C=O) groups is 3. The van der Waals surface area contributed by atoms with Gasteiger partial charge in [0.15, 0.2) is 0 Å². The third kappa shape index (κ3) is 5.53. The molecule has 2 unspecified atom stereocenters. The molecule has 3 aliphatic rings. The number of likely N-dealkylation sites (tertiary alicyclic amines) is 1. The van der Waals surface area contributed by atoms with Crippen molar-refractivity contribution in [1.29, 1.82) is 0 Å². The molecule has 5 rings (SSSR count). The Labute approximate surface area is 259 Å². The molecule has 0 saturated carbocycles. The van der Waals surface area contributed by atoms with Crippen molar-refractivity contribution in [3.63, 3.8) is 0 Å². The summed E-state index contributed by atoms with van der Waals surface area (Å²) in [6.07, 6.45) is 8.18. The molecule has 7 nitrogen and oxygen atoms in total. The van der Waals surface area contributed by atoms with Gasteiger partial charge in [-0.25, -0.2) is 0 Å².